The Kier molecular flexibility index (Phi) is 6.42. The largest absolute Gasteiger partial charge is 0.455 e. The first-order chi connectivity index (χ1) is 24.8. The molecule has 5 nitrogen and oxygen atoms in total. The zero-order valence-corrected chi connectivity index (χ0v) is 26.7. The maximum atomic E-state index is 6.71. The molecule has 0 aliphatic carbocycles. The highest BCUT2D eigenvalue weighted by Gasteiger charge is 2.22. The van der Waals surface area contributed by atoms with E-state index in [4.69, 9.17) is 18.8 Å². The van der Waals surface area contributed by atoms with Crippen LogP contribution in [0.2, 0.25) is 0 Å². The second kappa shape index (κ2) is 11.4. The second-order valence-corrected chi connectivity index (χ2v) is 12.4. The molecule has 0 saturated heterocycles. The summed E-state index contributed by atoms with van der Waals surface area (Å²) in [5, 5.41) is 4.13. The van der Waals surface area contributed by atoms with E-state index in [1.165, 1.54) is 0 Å². The molecule has 5 heteroatoms. The molecule has 0 bridgehead atoms. The topological polar surface area (TPSA) is 65.0 Å². The zero-order chi connectivity index (χ0) is 33.0. The van der Waals surface area contributed by atoms with Crippen LogP contribution in [0.15, 0.2) is 173 Å². The number of pyridine rings is 1. The van der Waals surface area contributed by atoms with E-state index in [-0.39, 0.29) is 0 Å². The molecule has 4 aromatic heterocycles. The van der Waals surface area contributed by atoms with Gasteiger partial charge < -0.3 is 8.83 Å². The molecular weight excluding hydrogens is 615 g/mol. The van der Waals surface area contributed by atoms with Crippen LogP contribution in [0, 0.1) is 0 Å². The van der Waals surface area contributed by atoms with Crippen LogP contribution in [0.5, 0.6) is 0 Å². The normalized spacial score (nSPS) is 11.6. The quantitative estimate of drug-likeness (QED) is 0.187. The van der Waals surface area contributed by atoms with Crippen LogP contribution in [0.3, 0.4) is 0 Å². The Bertz CT molecular complexity index is 2870. The first-order valence-electron chi connectivity index (χ1n) is 16.6. The van der Waals surface area contributed by atoms with Gasteiger partial charge in [-0.05, 0) is 48.5 Å². The molecule has 234 valence electrons. The Morgan fingerprint density at radius 2 is 0.980 bits per heavy atom. The minimum Gasteiger partial charge on any atom is -0.455 e. The molecule has 0 unspecified atom stereocenters. The summed E-state index contributed by atoms with van der Waals surface area (Å²) in [5.41, 5.74) is 11.7. The second-order valence-electron chi connectivity index (χ2n) is 12.4. The minimum absolute atomic E-state index is 0.620. The lowest BCUT2D eigenvalue weighted by Gasteiger charge is -2.12. The lowest BCUT2D eigenvalue weighted by molar-refractivity contribution is 0.665. The predicted molar refractivity (Wildman–Crippen MR) is 202 cm³/mol. The molecule has 10 rings (SSSR count). The molecular formula is C45H27N3O2. The third-order valence-electron chi connectivity index (χ3n) is 9.38. The highest BCUT2D eigenvalue weighted by molar-refractivity contribution is 6.18. The highest BCUT2D eigenvalue weighted by Crippen LogP contribution is 2.44. The van der Waals surface area contributed by atoms with Crippen molar-refractivity contribution in [2.24, 2.45) is 0 Å². The molecule has 0 saturated carbocycles. The molecule has 10 aromatic rings. The van der Waals surface area contributed by atoms with Gasteiger partial charge in [0.2, 0.25) is 0 Å². The van der Waals surface area contributed by atoms with Crippen molar-refractivity contribution in [2.45, 2.75) is 0 Å². The Morgan fingerprint density at radius 3 is 1.80 bits per heavy atom. The van der Waals surface area contributed by atoms with Gasteiger partial charge in [-0.1, -0.05) is 109 Å². The summed E-state index contributed by atoms with van der Waals surface area (Å²) in [6.07, 6.45) is 1.82. The fourth-order valence-corrected chi connectivity index (χ4v) is 7.03. The molecule has 0 amide bonds. The summed E-state index contributed by atoms with van der Waals surface area (Å²) < 4.78 is 13.2. The summed E-state index contributed by atoms with van der Waals surface area (Å²) in [5.74, 6) is 0.620. The van der Waals surface area contributed by atoms with Gasteiger partial charge in [0.1, 0.15) is 22.3 Å². The van der Waals surface area contributed by atoms with Gasteiger partial charge in [0.05, 0.1) is 17.1 Å². The average Bonchev–Trinajstić information content (AvgIpc) is 3.78. The van der Waals surface area contributed by atoms with Gasteiger partial charge in [0, 0.05) is 61.1 Å². The Balaban J connectivity index is 1.23. The van der Waals surface area contributed by atoms with Gasteiger partial charge in [0.15, 0.2) is 5.82 Å². The summed E-state index contributed by atoms with van der Waals surface area (Å²) in [6, 6.07) is 53.5. The van der Waals surface area contributed by atoms with Crippen LogP contribution in [0.25, 0.3) is 100 Å². The summed E-state index contributed by atoms with van der Waals surface area (Å²) >= 11 is 0. The highest BCUT2D eigenvalue weighted by atomic mass is 16.3. The Hall–Kier alpha value is -6.85. The number of aromatic nitrogens is 3. The van der Waals surface area contributed by atoms with Crippen molar-refractivity contribution >= 4 is 43.9 Å². The van der Waals surface area contributed by atoms with Crippen molar-refractivity contribution in [1.82, 2.24) is 15.0 Å². The van der Waals surface area contributed by atoms with E-state index in [0.717, 1.165) is 94.3 Å². The van der Waals surface area contributed by atoms with Crippen molar-refractivity contribution in [3.05, 3.63) is 164 Å². The van der Waals surface area contributed by atoms with Crippen molar-refractivity contribution < 1.29 is 8.83 Å². The van der Waals surface area contributed by atoms with Crippen molar-refractivity contribution in [2.75, 3.05) is 0 Å². The molecule has 0 radical (unpaired) electrons. The van der Waals surface area contributed by atoms with E-state index >= 15 is 0 Å². The smallest absolute Gasteiger partial charge is 0.161 e. The van der Waals surface area contributed by atoms with E-state index in [0.29, 0.717) is 5.82 Å². The zero-order valence-electron chi connectivity index (χ0n) is 26.7. The Labute approximate surface area is 287 Å². The number of para-hydroxylation sites is 3. The monoisotopic (exact) mass is 641 g/mol. The van der Waals surface area contributed by atoms with E-state index in [2.05, 4.69) is 89.9 Å². The van der Waals surface area contributed by atoms with Crippen molar-refractivity contribution in [3.63, 3.8) is 0 Å². The van der Waals surface area contributed by atoms with Gasteiger partial charge in [-0.2, -0.15) is 0 Å². The van der Waals surface area contributed by atoms with Crippen LogP contribution in [0.1, 0.15) is 0 Å². The van der Waals surface area contributed by atoms with E-state index in [1.54, 1.807) is 0 Å². The summed E-state index contributed by atoms with van der Waals surface area (Å²) in [7, 11) is 0. The number of benzene rings is 6. The van der Waals surface area contributed by atoms with Gasteiger partial charge in [-0.15, -0.1) is 0 Å². The number of hydrogen-bond donors (Lipinski definition) is 0. The van der Waals surface area contributed by atoms with Crippen LogP contribution >= 0.6 is 0 Å². The molecule has 0 aliphatic rings. The lowest BCUT2D eigenvalue weighted by Crippen LogP contribution is -1.97. The molecule has 50 heavy (non-hydrogen) atoms. The van der Waals surface area contributed by atoms with Gasteiger partial charge in [-0.3, -0.25) is 4.98 Å². The van der Waals surface area contributed by atoms with Gasteiger partial charge in [-0.25, -0.2) is 9.97 Å². The molecule has 0 N–H and O–H groups in total. The predicted octanol–water partition coefficient (Wildman–Crippen LogP) is 12.0. The number of fused-ring (bicyclic) bond motifs is 6. The fraction of sp³-hybridized carbons (Fsp3) is 0. The maximum absolute atomic E-state index is 6.71. The Morgan fingerprint density at radius 1 is 0.380 bits per heavy atom. The summed E-state index contributed by atoms with van der Waals surface area (Å²) in [4.78, 5) is 15.1. The third kappa shape index (κ3) is 4.60. The first-order valence-corrected chi connectivity index (χ1v) is 16.6. The molecule has 0 aliphatic heterocycles. The van der Waals surface area contributed by atoms with Crippen LogP contribution in [-0.2, 0) is 0 Å². The molecule has 4 heterocycles. The van der Waals surface area contributed by atoms with E-state index in [9.17, 15) is 0 Å². The van der Waals surface area contributed by atoms with Gasteiger partial charge >= 0.3 is 0 Å². The number of nitrogens with zero attached hydrogens (tertiary/aromatic N) is 3. The van der Waals surface area contributed by atoms with Crippen molar-refractivity contribution in [1.29, 1.82) is 0 Å². The number of hydrogen-bond acceptors (Lipinski definition) is 5. The van der Waals surface area contributed by atoms with E-state index in [1.807, 2.05) is 79.0 Å². The van der Waals surface area contributed by atoms with Crippen LogP contribution < -0.4 is 0 Å². The van der Waals surface area contributed by atoms with Gasteiger partial charge in [0.25, 0.3) is 0 Å². The van der Waals surface area contributed by atoms with E-state index < -0.39 is 0 Å². The third-order valence-corrected chi connectivity index (χ3v) is 9.38. The minimum atomic E-state index is 0.620. The average molecular weight is 642 g/mol. The molecule has 0 atom stereocenters. The lowest BCUT2D eigenvalue weighted by atomic mass is 9.96. The summed E-state index contributed by atoms with van der Waals surface area (Å²) in [6.45, 7) is 0. The number of furan rings is 2. The fourth-order valence-electron chi connectivity index (χ4n) is 7.03. The van der Waals surface area contributed by atoms with Crippen LogP contribution in [0.4, 0.5) is 0 Å². The maximum Gasteiger partial charge on any atom is 0.161 e. The standard InChI is InChI=1S/C45H27N3O2/c1-2-12-28(13-3-1)38-27-39(30-15-10-14-29(26-30)37-20-8-9-25-46-37)48-45(47-38)36-24-23-34(44-42(36)35-17-5-7-22-41(35)50-44)33-19-11-18-32-31-16-4-6-21-40(31)49-43(32)33/h1-27H. The SMILES string of the molecule is c1ccc(-c2cc(-c3cccc(-c4ccccn4)c3)nc(-c3ccc(-c4cccc5c4oc4ccccc45)c4oc5ccccc5c34)n2)cc1. The first kappa shape index (κ1) is 28.2. The molecule has 6 aromatic carbocycles. The van der Waals surface area contributed by atoms with Crippen LogP contribution in [-0.4, -0.2) is 15.0 Å². The van der Waals surface area contributed by atoms with Crippen molar-refractivity contribution in [3.8, 4) is 56.3 Å². The molecule has 0 spiro atoms. The number of rotatable bonds is 5. The molecule has 0 fully saturated rings.